The topological polar surface area (TPSA) is 57.5 Å². The summed E-state index contributed by atoms with van der Waals surface area (Å²) in [6.45, 7) is 5.39. The van der Waals surface area contributed by atoms with Gasteiger partial charge in [-0.2, -0.15) is 0 Å². The number of aromatic nitrogens is 1. The van der Waals surface area contributed by atoms with Gasteiger partial charge in [0.05, 0.1) is 30.9 Å². The molecule has 33 heavy (non-hydrogen) atoms. The number of nitrogens with zero attached hydrogens (tertiary/aromatic N) is 1. The lowest BCUT2D eigenvalue weighted by Gasteiger charge is -2.17. The van der Waals surface area contributed by atoms with Gasteiger partial charge in [-0.25, -0.2) is 0 Å². The number of para-hydroxylation sites is 1. The van der Waals surface area contributed by atoms with Crippen LogP contribution in [-0.4, -0.2) is 30.0 Å². The van der Waals surface area contributed by atoms with Crippen LogP contribution in [0.25, 0.3) is 0 Å². The predicted molar refractivity (Wildman–Crippen MR) is 131 cm³/mol. The molecule has 3 rings (SSSR count). The molecule has 180 valence electrons. The fourth-order valence-electron chi connectivity index (χ4n) is 4.84. The van der Waals surface area contributed by atoms with Gasteiger partial charge in [0.15, 0.2) is 0 Å². The fraction of sp³-hybridized carbons (Fsp3) is 0.571. The van der Waals surface area contributed by atoms with Crippen LogP contribution in [0.1, 0.15) is 104 Å². The Morgan fingerprint density at radius 3 is 2.52 bits per heavy atom. The Hall–Kier alpha value is -2.56. The number of carbonyl (C=O) groups is 2. The van der Waals surface area contributed by atoms with Crippen LogP contribution in [0.5, 0.6) is 5.75 Å². The fourth-order valence-corrected chi connectivity index (χ4v) is 4.84. The van der Waals surface area contributed by atoms with E-state index in [9.17, 15) is 9.59 Å². The average molecular weight is 454 g/mol. The van der Waals surface area contributed by atoms with E-state index in [0.717, 1.165) is 49.9 Å². The number of carbonyl (C=O) groups excluding carboxylic acids is 2. The number of unbranched alkanes of at least 4 members (excludes halogenated alkanes) is 6. The first kappa shape index (κ1) is 25.1. The number of benzene rings is 1. The molecule has 1 atom stereocenters. The van der Waals surface area contributed by atoms with Crippen LogP contribution in [-0.2, 0) is 16.1 Å². The van der Waals surface area contributed by atoms with Gasteiger partial charge in [-0.15, -0.1) is 0 Å². The zero-order chi connectivity index (χ0) is 23.6. The van der Waals surface area contributed by atoms with E-state index >= 15 is 0 Å². The van der Waals surface area contributed by atoms with Crippen LogP contribution in [0.4, 0.5) is 0 Å². The monoisotopic (exact) mass is 453 g/mol. The highest BCUT2D eigenvalue weighted by Gasteiger charge is 2.31. The Bertz CT molecular complexity index is 930. The summed E-state index contributed by atoms with van der Waals surface area (Å²) in [5.41, 5.74) is 3.01. The molecule has 0 amide bonds. The lowest BCUT2D eigenvalue weighted by Crippen LogP contribution is -2.20. The summed E-state index contributed by atoms with van der Waals surface area (Å²) in [6.07, 6.45) is 11.0. The summed E-state index contributed by atoms with van der Waals surface area (Å²) in [5.74, 6) is 0.0397. The van der Waals surface area contributed by atoms with Gasteiger partial charge in [0, 0.05) is 12.2 Å². The van der Waals surface area contributed by atoms with E-state index in [1.165, 1.54) is 32.1 Å². The van der Waals surface area contributed by atoms with E-state index in [0.29, 0.717) is 23.6 Å². The maximum Gasteiger partial charge on any atom is 0.314 e. The van der Waals surface area contributed by atoms with Gasteiger partial charge >= 0.3 is 5.97 Å². The van der Waals surface area contributed by atoms with Gasteiger partial charge in [-0.1, -0.05) is 64.0 Å². The summed E-state index contributed by atoms with van der Waals surface area (Å²) < 4.78 is 13.2. The van der Waals surface area contributed by atoms with Crippen molar-refractivity contribution in [2.45, 2.75) is 90.5 Å². The summed E-state index contributed by atoms with van der Waals surface area (Å²) in [6, 6.07) is 9.32. The van der Waals surface area contributed by atoms with Crippen molar-refractivity contribution >= 4 is 11.8 Å². The summed E-state index contributed by atoms with van der Waals surface area (Å²) in [7, 11) is 1.58. The Balaban J connectivity index is 1.69. The normalized spacial score (nSPS) is 15.5. The van der Waals surface area contributed by atoms with Crippen molar-refractivity contribution < 1.29 is 19.1 Å². The second kappa shape index (κ2) is 12.6. The van der Waals surface area contributed by atoms with Gasteiger partial charge < -0.3 is 14.0 Å². The molecule has 1 aliphatic heterocycles. The number of hydrogen-bond donors (Lipinski definition) is 0. The Labute approximate surface area is 198 Å². The number of fused-ring (bicyclic) bond motifs is 1. The minimum absolute atomic E-state index is 0.0618. The van der Waals surface area contributed by atoms with Crippen LogP contribution in [0.3, 0.4) is 0 Å². The van der Waals surface area contributed by atoms with Gasteiger partial charge in [-0.3, -0.25) is 9.59 Å². The van der Waals surface area contributed by atoms with Crippen LogP contribution in [0.15, 0.2) is 30.3 Å². The molecule has 1 unspecified atom stereocenters. The molecule has 0 saturated heterocycles. The van der Waals surface area contributed by atoms with Crippen LogP contribution >= 0.6 is 0 Å². The predicted octanol–water partition coefficient (Wildman–Crippen LogP) is 6.60. The summed E-state index contributed by atoms with van der Waals surface area (Å²) >= 11 is 0. The van der Waals surface area contributed by atoms with Crippen molar-refractivity contribution in [2.75, 3.05) is 13.7 Å². The Kier molecular flexibility index (Phi) is 9.59. The summed E-state index contributed by atoms with van der Waals surface area (Å²) in [4.78, 5) is 26.5. The quantitative estimate of drug-likeness (QED) is 0.206. The molecule has 1 aliphatic rings. The lowest BCUT2D eigenvalue weighted by atomic mass is 9.99. The van der Waals surface area contributed by atoms with E-state index in [1.54, 1.807) is 19.2 Å². The van der Waals surface area contributed by atoms with Gasteiger partial charge in [0.1, 0.15) is 5.75 Å². The Morgan fingerprint density at radius 1 is 1.03 bits per heavy atom. The number of ketones is 1. The van der Waals surface area contributed by atoms with E-state index in [-0.39, 0.29) is 17.7 Å². The third kappa shape index (κ3) is 6.27. The Morgan fingerprint density at radius 2 is 1.76 bits per heavy atom. The largest absolute Gasteiger partial charge is 0.496 e. The smallest absolute Gasteiger partial charge is 0.314 e. The second-order valence-corrected chi connectivity index (χ2v) is 9.12. The first-order valence-electron chi connectivity index (χ1n) is 12.6. The number of aryl methyl sites for hydroxylation is 1. The van der Waals surface area contributed by atoms with Gasteiger partial charge in [0.25, 0.3) is 0 Å². The molecular weight excluding hydrogens is 414 g/mol. The minimum atomic E-state index is -0.310. The summed E-state index contributed by atoms with van der Waals surface area (Å²) in [5, 5.41) is 0. The number of rotatable bonds is 12. The molecule has 1 aromatic carbocycles. The molecule has 5 nitrogen and oxygen atoms in total. The molecule has 0 fully saturated rings. The molecule has 5 heteroatoms. The number of hydrogen-bond acceptors (Lipinski definition) is 4. The van der Waals surface area contributed by atoms with Crippen LogP contribution < -0.4 is 4.74 Å². The highest BCUT2D eigenvalue weighted by Crippen LogP contribution is 2.33. The van der Waals surface area contributed by atoms with Crippen molar-refractivity contribution in [3.8, 4) is 5.75 Å². The van der Waals surface area contributed by atoms with Gasteiger partial charge in [-0.05, 0) is 49.9 Å². The zero-order valence-electron chi connectivity index (χ0n) is 20.5. The first-order chi connectivity index (χ1) is 16.1. The van der Waals surface area contributed by atoms with Crippen molar-refractivity contribution in [1.29, 1.82) is 0 Å². The van der Waals surface area contributed by atoms with Crippen molar-refractivity contribution in [3.05, 3.63) is 52.8 Å². The van der Waals surface area contributed by atoms with Crippen LogP contribution in [0, 0.1) is 6.92 Å². The van der Waals surface area contributed by atoms with Crippen molar-refractivity contribution in [2.24, 2.45) is 0 Å². The van der Waals surface area contributed by atoms with Crippen LogP contribution in [0.2, 0.25) is 0 Å². The maximum absolute atomic E-state index is 13.5. The number of esters is 1. The lowest BCUT2D eigenvalue weighted by molar-refractivity contribution is -0.146. The number of ether oxygens (including phenoxy) is 2. The molecular formula is C28H39NO4. The third-order valence-electron chi connectivity index (χ3n) is 6.64. The molecule has 2 aromatic rings. The first-order valence-corrected chi connectivity index (χ1v) is 12.6. The van der Waals surface area contributed by atoms with E-state index < -0.39 is 0 Å². The molecule has 0 radical (unpaired) electrons. The van der Waals surface area contributed by atoms with Crippen molar-refractivity contribution in [1.82, 2.24) is 4.57 Å². The SMILES string of the molecule is CCCCCCCCCOC(=O)C1CCCCn2c1cc(C)c2C(=O)c1ccccc1OC. The maximum atomic E-state index is 13.5. The molecule has 0 spiro atoms. The van der Waals surface area contributed by atoms with E-state index in [2.05, 4.69) is 11.5 Å². The standard InChI is InChI=1S/C28H39NO4/c1-4-5-6-7-8-9-14-19-33-28(31)22-15-12-13-18-29-24(22)20-21(2)26(29)27(30)23-16-10-11-17-25(23)32-3/h10-11,16-17,20,22H,4-9,12-15,18-19H2,1-3H3. The average Bonchev–Trinajstić information content (AvgIpc) is 3.01. The molecule has 0 N–H and O–H groups in total. The third-order valence-corrected chi connectivity index (χ3v) is 6.64. The molecule has 0 bridgehead atoms. The van der Waals surface area contributed by atoms with E-state index in [1.807, 2.05) is 25.1 Å². The second-order valence-electron chi connectivity index (χ2n) is 9.12. The molecule has 0 aliphatic carbocycles. The highest BCUT2D eigenvalue weighted by molar-refractivity contribution is 6.10. The van der Waals surface area contributed by atoms with Gasteiger partial charge in [0.2, 0.25) is 5.78 Å². The van der Waals surface area contributed by atoms with E-state index in [4.69, 9.17) is 9.47 Å². The molecule has 2 heterocycles. The minimum Gasteiger partial charge on any atom is -0.496 e. The highest BCUT2D eigenvalue weighted by atomic mass is 16.5. The van der Waals surface area contributed by atoms with Crippen molar-refractivity contribution in [3.63, 3.8) is 0 Å². The zero-order valence-corrected chi connectivity index (χ0v) is 20.5. The molecule has 0 saturated carbocycles. The molecule has 1 aromatic heterocycles. The number of methoxy groups -OCH3 is 1.